The molecule has 0 saturated heterocycles. The van der Waals surface area contributed by atoms with E-state index in [0.29, 0.717) is 0 Å². The first kappa shape index (κ1) is 12.1. The van der Waals surface area contributed by atoms with Gasteiger partial charge in [-0.1, -0.05) is 23.7 Å². The Bertz CT molecular complexity index is 473. The molecule has 0 fully saturated rings. The second kappa shape index (κ2) is 4.88. The van der Waals surface area contributed by atoms with Crippen LogP contribution >= 0.6 is 38.9 Å². The first-order chi connectivity index (χ1) is 7.58. The number of nitrogens with two attached hydrogens (primary N) is 1. The summed E-state index contributed by atoms with van der Waals surface area (Å²) in [5, 5.41) is 0.736. The smallest absolute Gasteiger partial charge is 0.0731 e. The van der Waals surface area contributed by atoms with Gasteiger partial charge in [0.1, 0.15) is 0 Å². The van der Waals surface area contributed by atoms with E-state index in [4.69, 9.17) is 17.3 Å². The second-order valence-electron chi connectivity index (χ2n) is 3.63. The van der Waals surface area contributed by atoms with Gasteiger partial charge < -0.3 is 5.73 Å². The zero-order valence-corrected chi connectivity index (χ0v) is 11.9. The van der Waals surface area contributed by atoms with E-state index in [1.54, 1.807) is 11.3 Å². The lowest BCUT2D eigenvalue weighted by Crippen LogP contribution is -2.09. The molecule has 0 spiro atoms. The number of thiophene rings is 1. The first-order valence-electron chi connectivity index (χ1n) is 4.85. The first-order valence-corrected chi connectivity index (χ1v) is 6.83. The van der Waals surface area contributed by atoms with Gasteiger partial charge >= 0.3 is 0 Å². The molecular formula is C12H11BrClNS. The van der Waals surface area contributed by atoms with Crippen LogP contribution in [0.2, 0.25) is 5.02 Å². The fourth-order valence-electron chi connectivity index (χ4n) is 1.47. The van der Waals surface area contributed by atoms with Gasteiger partial charge in [0.25, 0.3) is 0 Å². The Morgan fingerprint density at radius 3 is 2.44 bits per heavy atom. The van der Waals surface area contributed by atoms with Crippen molar-refractivity contribution in [2.75, 3.05) is 0 Å². The van der Waals surface area contributed by atoms with Crippen LogP contribution in [0.1, 0.15) is 22.0 Å². The van der Waals surface area contributed by atoms with Crippen LogP contribution in [-0.4, -0.2) is 0 Å². The summed E-state index contributed by atoms with van der Waals surface area (Å²) in [7, 11) is 0. The summed E-state index contributed by atoms with van der Waals surface area (Å²) in [6.07, 6.45) is 0. The zero-order chi connectivity index (χ0) is 11.7. The quantitative estimate of drug-likeness (QED) is 0.866. The number of rotatable bonds is 2. The Morgan fingerprint density at radius 2 is 1.94 bits per heavy atom. The normalized spacial score (nSPS) is 12.8. The third-order valence-electron chi connectivity index (χ3n) is 2.41. The van der Waals surface area contributed by atoms with Gasteiger partial charge in [0.15, 0.2) is 0 Å². The number of benzene rings is 1. The minimum absolute atomic E-state index is 0.0766. The van der Waals surface area contributed by atoms with Gasteiger partial charge in [-0.3, -0.25) is 0 Å². The van der Waals surface area contributed by atoms with E-state index in [2.05, 4.69) is 28.9 Å². The van der Waals surface area contributed by atoms with E-state index < -0.39 is 0 Å². The topological polar surface area (TPSA) is 26.0 Å². The third kappa shape index (κ3) is 2.48. The standard InChI is InChI=1S/C12H11BrClNS/c1-7-6-10(16-12(7)13)11(15)8-2-4-9(14)5-3-8/h2-6,11H,15H2,1H3. The molecule has 16 heavy (non-hydrogen) atoms. The number of aryl methyl sites for hydroxylation is 1. The van der Waals surface area contributed by atoms with Crippen LogP contribution in [0.15, 0.2) is 34.1 Å². The van der Waals surface area contributed by atoms with E-state index in [0.717, 1.165) is 19.2 Å². The summed E-state index contributed by atoms with van der Waals surface area (Å²) in [4.78, 5) is 1.16. The minimum atomic E-state index is -0.0766. The largest absolute Gasteiger partial charge is 0.320 e. The van der Waals surface area contributed by atoms with E-state index in [-0.39, 0.29) is 6.04 Å². The molecule has 1 atom stereocenters. The van der Waals surface area contributed by atoms with Crippen LogP contribution < -0.4 is 5.73 Å². The van der Waals surface area contributed by atoms with Crippen LogP contribution in [0.4, 0.5) is 0 Å². The van der Waals surface area contributed by atoms with Gasteiger partial charge in [-0.25, -0.2) is 0 Å². The maximum atomic E-state index is 6.20. The maximum Gasteiger partial charge on any atom is 0.0731 e. The molecule has 0 radical (unpaired) electrons. The molecule has 84 valence electrons. The van der Waals surface area contributed by atoms with Gasteiger partial charge in [0, 0.05) is 9.90 Å². The Labute approximate surface area is 112 Å². The maximum absolute atomic E-state index is 6.20. The van der Waals surface area contributed by atoms with Crippen molar-refractivity contribution in [3.05, 3.63) is 55.1 Å². The second-order valence-corrected chi connectivity index (χ2v) is 6.47. The minimum Gasteiger partial charge on any atom is -0.320 e. The summed E-state index contributed by atoms with van der Waals surface area (Å²) in [6.45, 7) is 2.07. The van der Waals surface area contributed by atoms with Gasteiger partial charge in [-0.05, 0) is 52.2 Å². The van der Waals surface area contributed by atoms with Gasteiger partial charge in [0.2, 0.25) is 0 Å². The summed E-state index contributed by atoms with van der Waals surface area (Å²) < 4.78 is 1.15. The highest BCUT2D eigenvalue weighted by Gasteiger charge is 2.12. The predicted octanol–water partition coefficient (Wildman–Crippen LogP) is 4.52. The highest BCUT2D eigenvalue weighted by molar-refractivity contribution is 9.11. The summed E-state index contributed by atoms with van der Waals surface area (Å²) in [5.74, 6) is 0. The summed E-state index contributed by atoms with van der Waals surface area (Å²) in [6, 6.07) is 9.71. The highest BCUT2D eigenvalue weighted by Crippen LogP contribution is 2.33. The lowest BCUT2D eigenvalue weighted by atomic mass is 10.1. The van der Waals surface area contributed by atoms with Crippen LogP contribution in [0.25, 0.3) is 0 Å². The molecule has 1 nitrogen and oxygen atoms in total. The van der Waals surface area contributed by atoms with E-state index in [9.17, 15) is 0 Å². The molecule has 1 aromatic carbocycles. The molecular weight excluding hydrogens is 306 g/mol. The molecule has 1 unspecified atom stereocenters. The Balaban J connectivity index is 2.31. The van der Waals surface area contributed by atoms with Crippen molar-refractivity contribution in [3.8, 4) is 0 Å². The highest BCUT2D eigenvalue weighted by atomic mass is 79.9. The fraction of sp³-hybridized carbons (Fsp3) is 0.167. The lowest BCUT2D eigenvalue weighted by molar-refractivity contribution is 0.893. The van der Waals surface area contributed by atoms with Crippen molar-refractivity contribution < 1.29 is 0 Å². The van der Waals surface area contributed by atoms with Crippen LogP contribution in [0.5, 0.6) is 0 Å². The Morgan fingerprint density at radius 1 is 1.31 bits per heavy atom. The SMILES string of the molecule is Cc1cc(C(N)c2ccc(Cl)cc2)sc1Br. The molecule has 0 bridgehead atoms. The summed E-state index contributed by atoms with van der Waals surface area (Å²) in [5.41, 5.74) is 8.50. The van der Waals surface area contributed by atoms with E-state index >= 15 is 0 Å². The van der Waals surface area contributed by atoms with Crippen molar-refractivity contribution in [2.45, 2.75) is 13.0 Å². The molecule has 1 heterocycles. The molecule has 2 N–H and O–H groups in total. The monoisotopic (exact) mass is 315 g/mol. The average Bonchev–Trinajstić information content (AvgIpc) is 2.59. The van der Waals surface area contributed by atoms with E-state index in [1.807, 2.05) is 24.3 Å². The lowest BCUT2D eigenvalue weighted by Gasteiger charge is -2.09. The van der Waals surface area contributed by atoms with Crippen molar-refractivity contribution in [1.29, 1.82) is 0 Å². The van der Waals surface area contributed by atoms with Crippen LogP contribution in [0, 0.1) is 6.92 Å². The number of halogens is 2. The molecule has 0 aliphatic rings. The molecule has 0 amide bonds. The predicted molar refractivity (Wildman–Crippen MR) is 74.2 cm³/mol. The van der Waals surface area contributed by atoms with Crippen molar-refractivity contribution in [3.63, 3.8) is 0 Å². The average molecular weight is 317 g/mol. The van der Waals surface area contributed by atoms with E-state index in [1.165, 1.54) is 5.56 Å². The van der Waals surface area contributed by atoms with Crippen molar-refractivity contribution in [2.24, 2.45) is 5.73 Å². The third-order valence-corrected chi connectivity index (χ3v) is 4.88. The van der Waals surface area contributed by atoms with Gasteiger partial charge in [-0.2, -0.15) is 0 Å². The number of hydrogen-bond acceptors (Lipinski definition) is 2. The van der Waals surface area contributed by atoms with Gasteiger partial charge in [0.05, 0.1) is 9.83 Å². The Hall–Kier alpha value is -0.350. The fourth-order valence-corrected chi connectivity index (χ4v) is 3.20. The molecule has 0 aliphatic heterocycles. The molecule has 4 heteroatoms. The van der Waals surface area contributed by atoms with Crippen molar-refractivity contribution in [1.82, 2.24) is 0 Å². The Kier molecular flexibility index (Phi) is 3.70. The number of hydrogen-bond donors (Lipinski definition) is 1. The molecule has 2 aromatic rings. The molecule has 0 saturated carbocycles. The molecule has 2 rings (SSSR count). The van der Waals surface area contributed by atoms with Crippen molar-refractivity contribution >= 4 is 38.9 Å². The van der Waals surface area contributed by atoms with Gasteiger partial charge in [-0.15, -0.1) is 11.3 Å². The van der Waals surface area contributed by atoms with Crippen LogP contribution in [0.3, 0.4) is 0 Å². The zero-order valence-electron chi connectivity index (χ0n) is 8.71. The van der Waals surface area contributed by atoms with Crippen LogP contribution in [-0.2, 0) is 0 Å². The molecule has 0 aliphatic carbocycles. The molecule has 1 aromatic heterocycles. The summed E-state index contributed by atoms with van der Waals surface area (Å²) >= 11 is 11.0.